The highest BCUT2D eigenvalue weighted by Crippen LogP contribution is 2.24. The molecule has 100 valence electrons. The Morgan fingerprint density at radius 1 is 1.33 bits per heavy atom. The van der Waals surface area contributed by atoms with Crippen LogP contribution in [0.5, 0.6) is 5.75 Å². The molecular formula is C15H22BrNO. The molecule has 1 aromatic carbocycles. The number of piperidine rings is 1. The van der Waals surface area contributed by atoms with Gasteiger partial charge in [0.15, 0.2) is 0 Å². The second-order valence-electron chi connectivity index (χ2n) is 5.01. The first kappa shape index (κ1) is 13.9. The van der Waals surface area contributed by atoms with Gasteiger partial charge in [-0.05, 0) is 60.8 Å². The minimum atomic E-state index is 0.752. The summed E-state index contributed by atoms with van der Waals surface area (Å²) in [5, 5.41) is 0. The molecule has 2 rings (SSSR count). The molecule has 3 heteroatoms. The Balaban J connectivity index is 1.68. The maximum Gasteiger partial charge on any atom is 0.133 e. The van der Waals surface area contributed by atoms with Crippen molar-refractivity contribution >= 4 is 15.9 Å². The Kier molecular flexibility index (Phi) is 5.51. The number of hydrogen-bond acceptors (Lipinski definition) is 2. The summed E-state index contributed by atoms with van der Waals surface area (Å²) in [6.45, 7) is 5.56. The van der Waals surface area contributed by atoms with Crippen molar-refractivity contribution in [3.63, 3.8) is 0 Å². The van der Waals surface area contributed by atoms with E-state index in [0.717, 1.165) is 35.8 Å². The molecule has 1 aromatic rings. The molecule has 0 unspecified atom stereocenters. The molecule has 1 aliphatic heterocycles. The molecule has 0 aromatic heterocycles. The van der Waals surface area contributed by atoms with Crippen molar-refractivity contribution in [1.82, 2.24) is 4.90 Å². The molecule has 0 radical (unpaired) electrons. The van der Waals surface area contributed by atoms with Crippen LogP contribution in [0.4, 0.5) is 0 Å². The van der Waals surface area contributed by atoms with Crippen molar-refractivity contribution in [1.29, 1.82) is 0 Å². The highest BCUT2D eigenvalue weighted by atomic mass is 79.9. The van der Waals surface area contributed by atoms with Crippen LogP contribution in [0.1, 0.15) is 32.6 Å². The van der Waals surface area contributed by atoms with Crippen LogP contribution >= 0.6 is 15.9 Å². The molecule has 0 bridgehead atoms. The van der Waals surface area contributed by atoms with Crippen molar-refractivity contribution in [2.75, 3.05) is 19.7 Å². The molecule has 1 saturated heterocycles. The fourth-order valence-electron chi connectivity index (χ4n) is 2.50. The molecule has 0 saturated carbocycles. The molecule has 0 aliphatic carbocycles. The van der Waals surface area contributed by atoms with E-state index in [0.29, 0.717) is 0 Å². The van der Waals surface area contributed by atoms with Crippen molar-refractivity contribution < 1.29 is 4.74 Å². The van der Waals surface area contributed by atoms with Gasteiger partial charge in [0, 0.05) is 12.6 Å². The van der Waals surface area contributed by atoms with Gasteiger partial charge in [-0.25, -0.2) is 0 Å². The average Bonchev–Trinajstić information content (AvgIpc) is 2.38. The molecule has 2 nitrogen and oxygen atoms in total. The zero-order chi connectivity index (χ0) is 12.8. The Morgan fingerprint density at radius 2 is 2.17 bits per heavy atom. The number of likely N-dealkylation sites (tertiary alicyclic amines) is 1. The van der Waals surface area contributed by atoms with Crippen molar-refractivity contribution in [2.24, 2.45) is 0 Å². The third-order valence-corrected chi connectivity index (χ3v) is 4.28. The molecule has 0 amide bonds. The number of halogens is 1. The largest absolute Gasteiger partial charge is 0.492 e. The zero-order valence-electron chi connectivity index (χ0n) is 11.1. The van der Waals surface area contributed by atoms with E-state index < -0.39 is 0 Å². The molecule has 0 spiro atoms. The van der Waals surface area contributed by atoms with Gasteiger partial charge in [0.2, 0.25) is 0 Å². The minimum absolute atomic E-state index is 0.752. The Morgan fingerprint density at radius 3 is 2.94 bits per heavy atom. The van der Waals surface area contributed by atoms with E-state index in [2.05, 4.69) is 27.8 Å². The predicted octanol–water partition coefficient (Wildman–Crippen LogP) is 4.09. The molecule has 18 heavy (non-hydrogen) atoms. The van der Waals surface area contributed by atoms with E-state index in [1.807, 2.05) is 24.3 Å². The summed E-state index contributed by atoms with van der Waals surface area (Å²) in [4.78, 5) is 2.59. The maximum atomic E-state index is 5.79. The Hall–Kier alpha value is -0.540. The van der Waals surface area contributed by atoms with Gasteiger partial charge < -0.3 is 9.64 Å². The van der Waals surface area contributed by atoms with Crippen LogP contribution in [0.15, 0.2) is 28.7 Å². The number of ether oxygens (including phenoxy) is 1. The van der Waals surface area contributed by atoms with E-state index in [1.165, 1.54) is 25.8 Å². The summed E-state index contributed by atoms with van der Waals surface area (Å²) in [5.41, 5.74) is 0. The summed E-state index contributed by atoms with van der Waals surface area (Å²) in [6.07, 6.45) is 5.21. The van der Waals surface area contributed by atoms with Gasteiger partial charge in [-0.1, -0.05) is 18.6 Å². The number of benzene rings is 1. The summed E-state index contributed by atoms with van der Waals surface area (Å²) in [5.74, 6) is 0.948. The number of rotatable bonds is 5. The smallest absolute Gasteiger partial charge is 0.133 e. The first-order valence-corrected chi connectivity index (χ1v) is 7.68. The van der Waals surface area contributed by atoms with Crippen LogP contribution in [0.25, 0.3) is 0 Å². The first-order valence-electron chi connectivity index (χ1n) is 6.89. The lowest BCUT2D eigenvalue weighted by Crippen LogP contribution is -2.38. The third-order valence-electron chi connectivity index (χ3n) is 3.62. The van der Waals surface area contributed by atoms with E-state index in [9.17, 15) is 0 Å². The van der Waals surface area contributed by atoms with Crippen molar-refractivity contribution in [3.05, 3.63) is 28.7 Å². The summed E-state index contributed by atoms with van der Waals surface area (Å²) in [7, 11) is 0. The van der Waals surface area contributed by atoms with Crippen LogP contribution in [-0.4, -0.2) is 30.6 Å². The van der Waals surface area contributed by atoms with E-state index in [1.54, 1.807) is 0 Å². The molecular weight excluding hydrogens is 290 g/mol. The topological polar surface area (TPSA) is 12.5 Å². The van der Waals surface area contributed by atoms with Gasteiger partial charge in [-0.15, -0.1) is 0 Å². The second kappa shape index (κ2) is 7.15. The second-order valence-corrected chi connectivity index (χ2v) is 5.87. The Labute approximate surface area is 118 Å². The highest BCUT2D eigenvalue weighted by molar-refractivity contribution is 9.10. The van der Waals surface area contributed by atoms with Crippen LogP contribution in [0.2, 0.25) is 0 Å². The van der Waals surface area contributed by atoms with Crippen LogP contribution in [0.3, 0.4) is 0 Å². The monoisotopic (exact) mass is 311 g/mol. The summed E-state index contributed by atoms with van der Waals surface area (Å²) in [6, 6.07) is 8.79. The van der Waals surface area contributed by atoms with Crippen LogP contribution < -0.4 is 4.74 Å². The zero-order valence-corrected chi connectivity index (χ0v) is 12.7. The lowest BCUT2D eigenvalue weighted by Gasteiger charge is -2.33. The normalized spacial score (nSPS) is 20.9. The van der Waals surface area contributed by atoms with Crippen LogP contribution in [0, 0.1) is 0 Å². The maximum absolute atomic E-state index is 5.79. The van der Waals surface area contributed by atoms with Crippen molar-refractivity contribution in [3.8, 4) is 5.75 Å². The molecule has 1 atom stereocenters. The van der Waals surface area contributed by atoms with Gasteiger partial charge >= 0.3 is 0 Å². The third kappa shape index (κ3) is 3.99. The first-order chi connectivity index (χ1) is 8.77. The fraction of sp³-hybridized carbons (Fsp3) is 0.600. The molecule has 1 aliphatic rings. The molecule has 1 fully saturated rings. The average molecular weight is 312 g/mol. The van der Waals surface area contributed by atoms with Gasteiger partial charge in [0.25, 0.3) is 0 Å². The van der Waals surface area contributed by atoms with E-state index in [4.69, 9.17) is 4.74 Å². The lowest BCUT2D eigenvalue weighted by atomic mass is 10.0. The van der Waals surface area contributed by atoms with Gasteiger partial charge in [0.1, 0.15) is 5.75 Å². The van der Waals surface area contributed by atoms with Gasteiger partial charge in [-0.3, -0.25) is 0 Å². The number of para-hydroxylation sites is 1. The molecule has 1 heterocycles. The minimum Gasteiger partial charge on any atom is -0.492 e. The number of nitrogens with zero attached hydrogens (tertiary/aromatic N) is 1. The predicted molar refractivity (Wildman–Crippen MR) is 79.1 cm³/mol. The lowest BCUT2D eigenvalue weighted by molar-refractivity contribution is 0.148. The van der Waals surface area contributed by atoms with Gasteiger partial charge in [-0.2, -0.15) is 0 Å². The van der Waals surface area contributed by atoms with Crippen molar-refractivity contribution in [2.45, 2.75) is 38.6 Å². The number of hydrogen-bond donors (Lipinski definition) is 0. The summed E-state index contributed by atoms with van der Waals surface area (Å²) < 4.78 is 6.83. The molecule has 0 N–H and O–H groups in total. The van der Waals surface area contributed by atoms with E-state index in [-0.39, 0.29) is 0 Å². The highest BCUT2D eigenvalue weighted by Gasteiger charge is 2.17. The van der Waals surface area contributed by atoms with E-state index >= 15 is 0 Å². The summed E-state index contributed by atoms with van der Waals surface area (Å²) >= 11 is 3.50. The van der Waals surface area contributed by atoms with Crippen LogP contribution in [-0.2, 0) is 0 Å². The quantitative estimate of drug-likeness (QED) is 0.759. The van der Waals surface area contributed by atoms with Gasteiger partial charge in [0.05, 0.1) is 11.1 Å². The Bertz CT molecular complexity index is 369. The standard InChI is InChI=1S/C15H22BrNO/c1-13-7-4-5-10-17(13)11-6-12-18-15-9-3-2-8-14(15)16/h2-3,8-9,13H,4-7,10-12H2,1H3/t13-/m0/s1. The fourth-order valence-corrected chi connectivity index (χ4v) is 2.90. The SMILES string of the molecule is C[C@H]1CCCCN1CCCOc1ccccc1Br.